The summed E-state index contributed by atoms with van der Waals surface area (Å²) in [5.41, 5.74) is 4.25. The lowest BCUT2D eigenvalue weighted by molar-refractivity contribution is 0.0939. The van der Waals surface area contributed by atoms with E-state index in [1.54, 1.807) is 18.5 Å². The Kier molecular flexibility index (Phi) is 7.03. The van der Waals surface area contributed by atoms with Gasteiger partial charge in [0.2, 0.25) is 6.79 Å². The molecule has 37 heavy (non-hydrogen) atoms. The van der Waals surface area contributed by atoms with Crippen LogP contribution in [0.25, 0.3) is 0 Å². The van der Waals surface area contributed by atoms with Crippen molar-refractivity contribution in [1.29, 1.82) is 0 Å². The average Bonchev–Trinajstić information content (AvgIpc) is 3.38. The van der Waals surface area contributed by atoms with Gasteiger partial charge in [0.05, 0.1) is 6.04 Å². The van der Waals surface area contributed by atoms with E-state index in [1.807, 2.05) is 74.5 Å². The number of rotatable bonds is 8. The molecular weight excluding hydrogens is 466 g/mol. The highest BCUT2D eigenvalue weighted by Gasteiger charge is 2.24. The normalized spacial score (nSPS) is 12.8. The quantitative estimate of drug-likeness (QED) is 0.380. The Hall–Kier alpha value is -4.39. The summed E-state index contributed by atoms with van der Waals surface area (Å²) in [5.74, 6) is 1.03. The molecule has 1 atom stereocenters. The summed E-state index contributed by atoms with van der Waals surface area (Å²) in [6.45, 7) is 4.66. The molecule has 0 spiro atoms. The van der Waals surface area contributed by atoms with Gasteiger partial charge in [-0.15, -0.1) is 0 Å². The highest BCUT2D eigenvalue weighted by atomic mass is 16.7. The van der Waals surface area contributed by atoms with Gasteiger partial charge in [0.15, 0.2) is 16.9 Å². The van der Waals surface area contributed by atoms with Crippen LogP contribution in [-0.2, 0) is 13.0 Å². The summed E-state index contributed by atoms with van der Waals surface area (Å²) in [7, 11) is 0. The molecule has 2 aromatic heterocycles. The van der Waals surface area contributed by atoms with Crippen molar-refractivity contribution in [3.8, 4) is 11.5 Å². The van der Waals surface area contributed by atoms with Crippen molar-refractivity contribution in [3.63, 3.8) is 0 Å². The van der Waals surface area contributed by atoms with E-state index >= 15 is 0 Å². The highest BCUT2D eigenvalue weighted by molar-refractivity contribution is 5.95. The first kappa shape index (κ1) is 24.3. The van der Waals surface area contributed by atoms with Gasteiger partial charge in [-0.3, -0.25) is 14.6 Å². The Balaban J connectivity index is 1.54. The van der Waals surface area contributed by atoms with Gasteiger partial charge in [-0.1, -0.05) is 49.7 Å². The highest BCUT2D eigenvalue weighted by Crippen LogP contribution is 2.33. The van der Waals surface area contributed by atoms with Gasteiger partial charge in [0.1, 0.15) is 5.56 Å². The largest absolute Gasteiger partial charge is 0.454 e. The number of ether oxygens (including phenoxy) is 2. The molecule has 3 heterocycles. The smallest absolute Gasteiger partial charge is 0.257 e. The molecule has 1 N–H and O–H groups in total. The average molecular weight is 496 g/mol. The number of hydrogen-bond acceptors (Lipinski definition) is 5. The van der Waals surface area contributed by atoms with E-state index in [2.05, 4.69) is 14.9 Å². The van der Waals surface area contributed by atoms with Crippen molar-refractivity contribution >= 4 is 5.91 Å². The number of carbonyl (C=O) groups excluding carboxylic acids is 1. The molecule has 1 aliphatic heterocycles. The van der Waals surface area contributed by atoms with Crippen molar-refractivity contribution in [2.24, 2.45) is 0 Å². The van der Waals surface area contributed by atoms with Gasteiger partial charge in [-0.05, 0) is 54.3 Å². The molecule has 1 amide bonds. The summed E-state index contributed by atoms with van der Waals surface area (Å²) >= 11 is 0. The Morgan fingerprint density at radius 1 is 1.00 bits per heavy atom. The first-order valence-electron chi connectivity index (χ1n) is 12.4. The number of aromatic nitrogens is 2. The van der Waals surface area contributed by atoms with Crippen molar-refractivity contribution in [2.45, 2.75) is 39.3 Å². The van der Waals surface area contributed by atoms with Crippen LogP contribution >= 0.6 is 0 Å². The molecule has 7 nitrogen and oxygen atoms in total. The molecule has 188 valence electrons. The second kappa shape index (κ2) is 10.7. The first-order chi connectivity index (χ1) is 18.0. The van der Waals surface area contributed by atoms with Gasteiger partial charge in [0, 0.05) is 36.4 Å². The minimum Gasteiger partial charge on any atom is -0.454 e. The number of aryl methyl sites for hydroxylation is 1. The van der Waals surface area contributed by atoms with Gasteiger partial charge < -0.3 is 19.4 Å². The van der Waals surface area contributed by atoms with Crippen LogP contribution in [0.5, 0.6) is 11.5 Å². The summed E-state index contributed by atoms with van der Waals surface area (Å²) in [4.78, 5) is 31.2. The number of nitrogens with zero attached hydrogens (tertiary/aromatic N) is 2. The maximum atomic E-state index is 13.8. The van der Waals surface area contributed by atoms with E-state index in [0.717, 1.165) is 40.2 Å². The van der Waals surface area contributed by atoms with E-state index in [-0.39, 0.29) is 17.8 Å². The lowest BCUT2D eigenvalue weighted by Crippen LogP contribution is -2.35. The van der Waals surface area contributed by atoms with Crippen LogP contribution in [0, 0.1) is 6.92 Å². The molecule has 0 bridgehead atoms. The fourth-order valence-electron chi connectivity index (χ4n) is 4.78. The van der Waals surface area contributed by atoms with Gasteiger partial charge in [0.25, 0.3) is 5.91 Å². The minimum absolute atomic E-state index is 0.184. The van der Waals surface area contributed by atoms with E-state index in [1.165, 1.54) is 0 Å². The summed E-state index contributed by atoms with van der Waals surface area (Å²) in [6.07, 6.45) is 4.78. The van der Waals surface area contributed by atoms with E-state index in [0.29, 0.717) is 18.7 Å². The third-order valence-corrected chi connectivity index (χ3v) is 6.57. The molecule has 0 unspecified atom stereocenters. The topological polar surface area (TPSA) is 82.5 Å². The standard InChI is InChI=1S/C30H29N3O4/c1-3-7-24-28(30(35)32-29(22-8-5-4-6-9-22)23-12-14-31-15-13-23)25(34)16-20(2)33(24)18-21-10-11-26-27(17-21)37-19-36-26/h4-6,8-17,29H,3,7,18-19H2,1-2H3,(H,32,35)/t29-/m1/s1. The van der Waals surface area contributed by atoms with E-state index in [9.17, 15) is 9.59 Å². The zero-order valence-electron chi connectivity index (χ0n) is 20.9. The number of nitrogens with one attached hydrogen (secondary N) is 1. The molecule has 2 aromatic carbocycles. The maximum absolute atomic E-state index is 13.8. The SMILES string of the molecule is CCCc1c(C(=O)N[C@H](c2ccccc2)c2ccncc2)c(=O)cc(C)n1Cc1ccc2c(c1)OCO2. The Morgan fingerprint density at radius 3 is 2.49 bits per heavy atom. The Bertz CT molecular complexity index is 1430. The van der Waals surface area contributed by atoms with Crippen LogP contribution in [0.3, 0.4) is 0 Å². The predicted molar refractivity (Wildman–Crippen MR) is 141 cm³/mol. The van der Waals surface area contributed by atoms with Crippen LogP contribution in [0.2, 0.25) is 0 Å². The van der Waals surface area contributed by atoms with E-state index in [4.69, 9.17) is 9.47 Å². The van der Waals surface area contributed by atoms with Crippen LogP contribution in [0.1, 0.15) is 57.8 Å². The molecule has 0 aliphatic carbocycles. The number of amides is 1. The summed E-state index contributed by atoms with van der Waals surface area (Å²) in [6, 6.07) is 20.4. The molecule has 0 saturated carbocycles. The molecular formula is C30H29N3O4. The van der Waals surface area contributed by atoms with Crippen LogP contribution in [0.4, 0.5) is 0 Å². The number of carbonyl (C=O) groups is 1. The zero-order valence-corrected chi connectivity index (χ0v) is 20.9. The lowest BCUT2D eigenvalue weighted by atomic mass is 9.98. The lowest BCUT2D eigenvalue weighted by Gasteiger charge is -2.23. The van der Waals surface area contributed by atoms with E-state index < -0.39 is 11.9 Å². The van der Waals surface area contributed by atoms with Crippen LogP contribution in [-0.4, -0.2) is 22.3 Å². The second-order valence-electron chi connectivity index (χ2n) is 9.09. The van der Waals surface area contributed by atoms with Gasteiger partial charge >= 0.3 is 0 Å². The zero-order chi connectivity index (χ0) is 25.8. The molecule has 0 radical (unpaired) electrons. The minimum atomic E-state index is -0.422. The molecule has 4 aromatic rings. The number of benzene rings is 2. The summed E-state index contributed by atoms with van der Waals surface area (Å²) in [5, 5.41) is 3.13. The molecule has 0 saturated heterocycles. The molecule has 5 rings (SSSR count). The van der Waals surface area contributed by atoms with Gasteiger partial charge in [-0.2, -0.15) is 0 Å². The van der Waals surface area contributed by atoms with Crippen molar-refractivity contribution in [3.05, 3.63) is 123 Å². The fourth-order valence-corrected chi connectivity index (χ4v) is 4.78. The molecule has 1 aliphatic rings. The van der Waals surface area contributed by atoms with Crippen molar-refractivity contribution < 1.29 is 14.3 Å². The van der Waals surface area contributed by atoms with Crippen molar-refractivity contribution in [1.82, 2.24) is 14.9 Å². The van der Waals surface area contributed by atoms with Gasteiger partial charge in [-0.25, -0.2) is 0 Å². The number of pyridine rings is 2. The molecule has 7 heteroatoms. The second-order valence-corrected chi connectivity index (χ2v) is 9.09. The maximum Gasteiger partial charge on any atom is 0.257 e. The number of hydrogen-bond donors (Lipinski definition) is 1. The first-order valence-corrected chi connectivity index (χ1v) is 12.4. The molecule has 0 fully saturated rings. The van der Waals surface area contributed by atoms with Crippen LogP contribution < -0.4 is 20.2 Å². The summed E-state index contributed by atoms with van der Waals surface area (Å²) < 4.78 is 13.0. The third-order valence-electron chi connectivity index (χ3n) is 6.57. The monoisotopic (exact) mass is 495 g/mol. The van der Waals surface area contributed by atoms with Crippen LogP contribution in [0.15, 0.2) is 83.9 Å². The Morgan fingerprint density at radius 2 is 1.73 bits per heavy atom. The third kappa shape index (κ3) is 5.11. The predicted octanol–water partition coefficient (Wildman–Crippen LogP) is 4.80. The fraction of sp³-hybridized carbons (Fsp3) is 0.233. The van der Waals surface area contributed by atoms with Crippen molar-refractivity contribution in [2.75, 3.05) is 6.79 Å². The number of fused-ring (bicyclic) bond motifs is 1. The Labute approximate surface area is 215 Å².